The normalized spacial score (nSPS) is 10.9. The smallest absolute Gasteiger partial charge is 0.195 e. The van der Waals surface area contributed by atoms with Crippen LogP contribution in [0, 0.1) is 0 Å². The zero-order chi connectivity index (χ0) is 12.1. The van der Waals surface area contributed by atoms with Crippen molar-refractivity contribution < 1.29 is 4.42 Å². The average molecular weight is 234 g/mol. The van der Waals surface area contributed by atoms with E-state index in [4.69, 9.17) is 4.42 Å². The third-order valence-corrected chi connectivity index (χ3v) is 2.62. The van der Waals surface area contributed by atoms with Crippen LogP contribution in [-0.2, 0) is 13.5 Å². The van der Waals surface area contributed by atoms with Crippen molar-refractivity contribution >= 4 is 0 Å². The highest BCUT2D eigenvalue weighted by Gasteiger charge is 2.08. The Kier molecular flexibility index (Phi) is 3.93. The Morgan fingerprint density at radius 2 is 2.35 bits per heavy atom. The monoisotopic (exact) mass is 234 g/mol. The van der Waals surface area contributed by atoms with Crippen molar-refractivity contribution in [3.63, 3.8) is 0 Å². The van der Waals surface area contributed by atoms with E-state index in [0.29, 0.717) is 0 Å². The maximum Gasteiger partial charge on any atom is 0.195 e. The van der Waals surface area contributed by atoms with Crippen molar-refractivity contribution in [3.8, 4) is 11.5 Å². The molecule has 1 N–H and O–H groups in total. The minimum Gasteiger partial charge on any atom is -0.439 e. The molecule has 92 valence electrons. The van der Waals surface area contributed by atoms with Crippen LogP contribution in [0.1, 0.15) is 19.2 Å². The Hall–Kier alpha value is -1.62. The summed E-state index contributed by atoms with van der Waals surface area (Å²) in [6.07, 6.45) is 5.42. The topological polar surface area (TPSA) is 55.9 Å². The number of aromatic nitrogens is 3. The minimum absolute atomic E-state index is 0.781. The van der Waals surface area contributed by atoms with Crippen LogP contribution in [0.25, 0.3) is 11.5 Å². The first-order chi connectivity index (χ1) is 8.31. The summed E-state index contributed by atoms with van der Waals surface area (Å²) >= 11 is 0. The highest BCUT2D eigenvalue weighted by Crippen LogP contribution is 2.19. The molecule has 0 amide bonds. The van der Waals surface area contributed by atoms with Gasteiger partial charge in [-0.05, 0) is 25.6 Å². The Bertz CT molecular complexity index is 461. The van der Waals surface area contributed by atoms with Crippen molar-refractivity contribution in [2.75, 3.05) is 13.1 Å². The number of oxazole rings is 1. The van der Waals surface area contributed by atoms with E-state index in [1.165, 1.54) is 0 Å². The van der Waals surface area contributed by atoms with Crippen molar-refractivity contribution in [3.05, 3.63) is 24.4 Å². The fraction of sp³-hybridized carbons (Fsp3) is 0.500. The number of hydrogen-bond donors (Lipinski definition) is 1. The Balaban J connectivity index is 1.95. The van der Waals surface area contributed by atoms with Gasteiger partial charge in [0, 0.05) is 19.7 Å². The quantitative estimate of drug-likeness (QED) is 0.772. The van der Waals surface area contributed by atoms with E-state index in [2.05, 4.69) is 22.3 Å². The Labute approximate surface area is 101 Å². The van der Waals surface area contributed by atoms with Crippen molar-refractivity contribution in [2.24, 2.45) is 7.05 Å². The molecule has 2 rings (SSSR count). The van der Waals surface area contributed by atoms with Gasteiger partial charge >= 0.3 is 0 Å². The van der Waals surface area contributed by atoms with Crippen LogP contribution >= 0.6 is 0 Å². The molecule has 0 atom stereocenters. The van der Waals surface area contributed by atoms with Gasteiger partial charge in [-0.2, -0.15) is 5.10 Å². The first kappa shape index (κ1) is 11.9. The lowest BCUT2D eigenvalue weighted by Gasteiger charge is -1.98. The summed E-state index contributed by atoms with van der Waals surface area (Å²) in [6, 6.07) is 1.92. The lowest BCUT2D eigenvalue weighted by atomic mass is 10.3. The second-order valence-corrected chi connectivity index (χ2v) is 3.92. The minimum atomic E-state index is 0.781. The summed E-state index contributed by atoms with van der Waals surface area (Å²) in [5.74, 6) is 1.57. The number of nitrogens with zero attached hydrogens (tertiary/aromatic N) is 3. The molecule has 0 radical (unpaired) electrons. The number of aryl methyl sites for hydroxylation is 2. The van der Waals surface area contributed by atoms with Crippen LogP contribution in [0.3, 0.4) is 0 Å². The molecule has 5 nitrogen and oxygen atoms in total. The first-order valence-electron chi connectivity index (χ1n) is 5.95. The van der Waals surface area contributed by atoms with Gasteiger partial charge in [0.2, 0.25) is 0 Å². The molecule has 0 aliphatic rings. The SMILES string of the molecule is CCNCCCc1ncc(-c2ccnn2C)o1. The van der Waals surface area contributed by atoms with Crippen LogP contribution in [-0.4, -0.2) is 27.9 Å². The van der Waals surface area contributed by atoms with Gasteiger partial charge in [-0.3, -0.25) is 4.68 Å². The second kappa shape index (κ2) is 5.63. The van der Waals surface area contributed by atoms with Gasteiger partial charge in [-0.25, -0.2) is 4.98 Å². The van der Waals surface area contributed by atoms with Crippen LogP contribution in [0.2, 0.25) is 0 Å². The summed E-state index contributed by atoms with van der Waals surface area (Å²) in [7, 11) is 1.89. The predicted molar refractivity (Wildman–Crippen MR) is 65.6 cm³/mol. The van der Waals surface area contributed by atoms with E-state index < -0.39 is 0 Å². The molecule has 0 aromatic carbocycles. The second-order valence-electron chi connectivity index (χ2n) is 3.92. The van der Waals surface area contributed by atoms with Crippen LogP contribution in [0.5, 0.6) is 0 Å². The molecule has 0 aliphatic heterocycles. The largest absolute Gasteiger partial charge is 0.439 e. The number of hydrogen-bond acceptors (Lipinski definition) is 4. The van der Waals surface area contributed by atoms with Crippen molar-refractivity contribution in [1.82, 2.24) is 20.1 Å². The molecule has 2 aromatic heterocycles. The third kappa shape index (κ3) is 2.94. The zero-order valence-electron chi connectivity index (χ0n) is 10.3. The van der Waals surface area contributed by atoms with Crippen LogP contribution in [0.4, 0.5) is 0 Å². The summed E-state index contributed by atoms with van der Waals surface area (Å²) in [5, 5.41) is 7.39. The number of rotatable bonds is 6. The summed E-state index contributed by atoms with van der Waals surface area (Å²) in [6.45, 7) is 4.11. The molecule has 0 aliphatic carbocycles. The van der Waals surface area contributed by atoms with Crippen molar-refractivity contribution in [2.45, 2.75) is 19.8 Å². The zero-order valence-corrected chi connectivity index (χ0v) is 10.3. The lowest BCUT2D eigenvalue weighted by molar-refractivity contribution is 0.489. The molecule has 17 heavy (non-hydrogen) atoms. The van der Waals surface area contributed by atoms with Crippen LogP contribution < -0.4 is 5.32 Å². The average Bonchev–Trinajstić information content (AvgIpc) is 2.93. The summed E-state index contributed by atoms with van der Waals surface area (Å²) in [5.41, 5.74) is 0.954. The van der Waals surface area contributed by atoms with Crippen LogP contribution in [0.15, 0.2) is 22.9 Å². The fourth-order valence-electron chi connectivity index (χ4n) is 1.70. The van der Waals surface area contributed by atoms with E-state index in [1.807, 2.05) is 13.1 Å². The Morgan fingerprint density at radius 3 is 3.06 bits per heavy atom. The molecular formula is C12H18N4O. The van der Waals surface area contributed by atoms with Gasteiger partial charge in [0.25, 0.3) is 0 Å². The molecule has 0 spiro atoms. The maximum absolute atomic E-state index is 5.69. The summed E-state index contributed by atoms with van der Waals surface area (Å²) in [4.78, 5) is 4.28. The van der Waals surface area contributed by atoms with E-state index >= 15 is 0 Å². The van der Waals surface area contributed by atoms with Gasteiger partial charge in [0.15, 0.2) is 11.7 Å². The molecule has 0 saturated heterocycles. The Morgan fingerprint density at radius 1 is 1.47 bits per heavy atom. The van der Waals surface area contributed by atoms with Gasteiger partial charge < -0.3 is 9.73 Å². The lowest BCUT2D eigenvalue weighted by Crippen LogP contribution is -2.14. The molecule has 0 fully saturated rings. The number of nitrogens with one attached hydrogen (secondary N) is 1. The van der Waals surface area contributed by atoms with E-state index in [-0.39, 0.29) is 0 Å². The molecule has 5 heteroatoms. The van der Waals surface area contributed by atoms with E-state index in [1.54, 1.807) is 17.1 Å². The van der Waals surface area contributed by atoms with Gasteiger partial charge in [0.05, 0.1) is 6.20 Å². The molecule has 0 saturated carbocycles. The standard InChI is InChI=1S/C12H18N4O/c1-3-13-7-4-5-12-14-9-11(17-12)10-6-8-15-16(10)2/h6,8-9,13H,3-5,7H2,1-2H3. The van der Waals surface area contributed by atoms with Gasteiger partial charge in [-0.1, -0.05) is 6.92 Å². The van der Waals surface area contributed by atoms with Gasteiger partial charge in [0.1, 0.15) is 5.69 Å². The highest BCUT2D eigenvalue weighted by molar-refractivity contribution is 5.50. The first-order valence-corrected chi connectivity index (χ1v) is 5.95. The summed E-state index contributed by atoms with van der Waals surface area (Å²) < 4.78 is 7.47. The molecule has 2 aromatic rings. The van der Waals surface area contributed by atoms with Crippen molar-refractivity contribution in [1.29, 1.82) is 0 Å². The predicted octanol–water partition coefficient (Wildman–Crippen LogP) is 1.62. The van der Waals surface area contributed by atoms with Gasteiger partial charge in [-0.15, -0.1) is 0 Å². The third-order valence-electron chi connectivity index (χ3n) is 2.62. The fourth-order valence-corrected chi connectivity index (χ4v) is 1.70. The molecule has 0 bridgehead atoms. The highest BCUT2D eigenvalue weighted by atomic mass is 16.4. The molecule has 2 heterocycles. The maximum atomic E-state index is 5.69. The molecular weight excluding hydrogens is 216 g/mol. The molecule has 0 unspecified atom stereocenters. The van der Waals surface area contributed by atoms with E-state index in [9.17, 15) is 0 Å². The van der Waals surface area contributed by atoms with E-state index in [0.717, 1.165) is 43.3 Å².